The van der Waals surface area contributed by atoms with Gasteiger partial charge in [0.2, 0.25) is 0 Å². The fraction of sp³-hybridized carbons (Fsp3) is 0.500. The molecule has 0 aliphatic rings. The second kappa shape index (κ2) is 8.21. The van der Waals surface area contributed by atoms with E-state index in [4.69, 9.17) is 4.74 Å². The summed E-state index contributed by atoms with van der Waals surface area (Å²) < 4.78 is 9.50. The van der Waals surface area contributed by atoms with E-state index in [0.717, 1.165) is 0 Å². The Kier molecular flexibility index (Phi) is 6.61. The number of aromatic amines is 1. The molecule has 0 spiro atoms. The molecule has 0 bridgehead atoms. The highest BCUT2D eigenvalue weighted by Crippen LogP contribution is 2.02. The van der Waals surface area contributed by atoms with Crippen LogP contribution in [0.25, 0.3) is 0 Å². The first kappa shape index (κ1) is 16.9. The molecule has 0 aromatic carbocycles. The van der Waals surface area contributed by atoms with Crippen LogP contribution >= 0.6 is 0 Å². The van der Waals surface area contributed by atoms with E-state index in [9.17, 15) is 14.4 Å². The van der Waals surface area contributed by atoms with Gasteiger partial charge in [0.1, 0.15) is 5.56 Å². The van der Waals surface area contributed by atoms with Crippen LogP contribution in [0.5, 0.6) is 0 Å². The number of hydrogen-bond acceptors (Lipinski definition) is 5. The van der Waals surface area contributed by atoms with Crippen molar-refractivity contribution < 1.29 is 19.1 Å². The summed E-state index contributed by atoms with van der Waals surface area (Å²) in [6, 6.07) is 1.36. The van der Waals surface area contributed by atoms with Crippen LogP contribution in [0, 0.1) is 6.92 Å². The number of carbonyl (C=O) groups is 2. The number of esters is 1. The second-order valence-electron chi connectivity index (χ2n) is 4.51. The van der Waals surface area contributed by atoms with Crippen molar-refractivity contribution in [2.24, 2.45) is 0 Å². The van der Waals surface area contributed by atoms with Gasteiger partial charge >= 0.3 is 5.97 Å². The number of H-pyrrole nitrogens is 1. The van der Waals surface area contributed by atoms with Crippen LogP contribution in [0.1, 0.15) is 22.5 Å². The molecular weight excluding hydrogens is 276 g/mol. The smallest absolute Gasteiger partial charge is 0.307 e. The van der Waals surface area contributed by atoms with Crippen molar-refractivity contribution in [2.75, 3.05) is 33.9 Å². The van der Waals surface area contributed by atoms with Crippen LogP contribution < -0.4 is 5.43 Å². The average Bonchev–Trinajstić information content (AvgIpc) is 2.46. The van der Waals surface area contributed by atoms with E-state index in [2.05, 4.69) is 9.72 Å². The minimum Gasteiger partial charge on any atom is -0.469 e. The molecule has 0 aliphatic carbocycles. The van der Waals surface area contributed by atoms with Crippen molar-refractivity contribution in [3.8, 4) is 0 Å². The third-order valence-corrected chi connectivity index (χ3v) is 2.95. The first-order valence-electron chi connectivity index (χ1n) is 6.54. The van der Waals surface area contributed by atoms with Gasteiger partial charge in [0, 0.05) is 38.2 Å². The quantitative estimate of drug-likeness (QED) is 0.733. The Bertz CT molecular complexity index is 553. The van der Waals surface area contributed by atoms with E-state index in [0.29, 0.717) is 18.8 Å². The lowest BCUT2D eigenvalue weighted by atomic mass is 10.2. The zero-order chi connectivity index (χ0) is 15.8. The van der Waals surface area contributed by atoms with Gasteiger partial charge in [-0.3, -0.25) is 14.4 Å². The standard InChI is InChI=1S/C14H20N2O5/c1-10-8-12(17)11(9-15-10)14(19)16(6-7-20-2)5-4-13(18)21-3/h8-9H,4-7H2,1-3H3,(H,15,17). The van der Waals surface area contributed by atoms with E-state index < -0.39 is 11.9 Å². The van der Waals surface area contributed by atoms with Crippen LogP contribution in [0.4, 0.5) is 0 Å². The molecule has 0 atom stereocenters. The third-order valence-electron chi connectivity index (χ3n) is 2.95. The van der Waals surface area contributed by atoms with E-state index in [1.54, 1.807) is 6.92 Å². The predicted molar refractivity (Wildman–Crippen MR) is 76.2 cm³/mol. The Labute approximate surface area is 122 Å². The van der Waals surface area contributed by atoms with E-state index in [-0.39, 0.29) is 24.0 Å². The molecule has 1 amide bonds. The maximum Gasteiger partial charge on any atom is 0.307 e. The van der Waals surface area contributed by atoms with Gasteiger partial charge in [-0.15, -0.1) is 0 Å². The van der Waals surface area contributed by atoms with Gasteiger partial charge in [-0.25, -0.2) is 0 Å². The summed E-state index contributed by atoms with van der Waals surface area (Å²) in [5.74, 6) is -0.847. The van der Waals surface area contributed by atoms with Crippen molar-refractivity contribution in [1.82, 2.24) is 9.88 Å². The molecular formula is C14H20N2O5. The maximum atomic E-state index is 12.4. The number of pyridine rings is 1. The molecule has 116 valence electrons. The van der Waals surface area contributed by atoms with Crippen LogP contribution in [0.15, 0.2) is 17.1 Å². The molecule has 0 radical (unpaired) electrons. The molecule has 7 nitrogen and oxygen atoms in total. The van der Waals surface area contributed by atoms with E-state index in [1.165, 1.54) is 31.4 Å². The van der Waals surface area contributed by atoms with E-state index >= 15 is 0 Å². The maximum absolute atomic E-state index is 12.4. The zero-order valence-corrected chi connectivity index (χ0v) is 12.5. The number of aryl methyl sites for hydroxylation is 1. The Hall–Kier alpha value is -2.15. The Morgan fingerprint density at radius 1 is 1.29 bits per heavy atom. The van der Waals surface area contributed by atoms with Gasteiger partial charge in [0.25, 0.3) is 5.91 Å². The number of methoxy groups -OCH3 is 2. The fourth-order valence-corrected chi connectivity index (χ4v) is 1.76. The largest absolute Gasteiger partial charge is 0.469 e. The van der Waals surface area contributed by atoms with Crippen molar-refractivity contribution in [2.45, 2.75) is 13.3 Å². The zero-order valence-electron chi connectivity index (χ0n) is 12.5. The van der Waals surface area contributed by atoms with E-state index in [1.807, 2.05) is 0 Å². The minimum absolute atomic E-state index is 0.0431. The number of aromatic nitrogens is 1. The molecule has 1 aromatic heterocycles. The summed E-state index contributed by atoms with van der Waals surface area (Å²) in [4.78, 5) is 39.7. The van der Waals surface area contributed by atoms with Gasteiger partial charge in [-0.2, -0.15) is 0 Å². The molecule has 1 heterocycles. The summed E-state index contributed by atoms with van der Waals surface area (Å²) in [6.45, 7) is 2.51. The monoisotopic (exact) mass is 296 g/mol. The normalized spacial score (nSPS) is 10.2. The number of hydrogen-bond donors (Lipinski definition) is 1. The minimum atomic E-state index is -0.433. The van der Waals surface area contributed by atoms with Crippen LogP contribution in [-0.2, 0) is 14.3 Å². The number of ether oxygens (including phenoxy) is 2. The summed E-state index contributed by atoms with van der Waals surface area (Å²) in [7, 11) is 2.80. The van der Waals surface area contributed by atoms with Crippen LogP contribution in [0.3, 0.4) is 0 Å². The first-order chi connectivity index (χ1) is 9.99. The average molecular weight is 296 g/mol. The second-order valence-corrected chi connectivity index (χ2v) is 4.51. The molecule has 0 unspecified atom stereocenters. The van der Waals surface area contributed by atoms with Gasteiger partial charge in [-0.05, 0) is 6.92 Å². The van der Waals surface area contributed by atoms with Crippen LogP contribution in [0.2, 0.25) is 0 Å². The summed E-state index contributed by atoms with van der Waals surface area (Å²) in [5.41, 5.74) is 0.368. The first-order valence-corrected chi connectivity index (χ1v) is 6.54. The molecule has 7 heteroatoms. The highest BCUT2D eigenvalue weighted by atomic mass is 16.5. The summed E-state index contributed by atoms with van der Waals surface area (Å²) in [6.07, 6.45) is 1.45. The molecule has 0 aliphatic heterocycles. The number of nitrogens with zero attached hydrogens (tertiary/aromatic N) is 1. The van der Waals surface area contributed by atoms with Crippen molar-refractivity contribution in [1.29, 1.82) is 0 Å². The Morgan fingerprint density at radius 2 is 2.00 bits per heavy atom. The molecule has 0 fully saturated rings. The predicted octanol–water partition coefficient (Wildman–Crippen LogP) is 0.335. The highest BCUT2D eigenvalue weighted by Gasteiger charge is 2.19. The summed E-state index contributed by atoms with van der Waals surface area (Å²) in [5, 5.41) is 0. The van der Waals surface area contributed by atoms with Gasteiger partial charge < -0.3 is 19.4 Å². The Balaban J connectivity index is 2.87. The molecule has 1 rings (SSSR count). The van der Waals surface area contributed by atoms with Gasteiger partial charge in [0.15, 0.2) is 5.43 Å². The van der Waals surface area contributed by atoms with Crippen LogP contribution in [-0.4, -0.2) is 55.7 Å². The molecule has 21 heavy (non-hydrogen) atoms. The molecule has 1 aromatic rings. The van der Waals surface area contributed by atoms with Crippen molar-refractivity contribution >= 4 is 11.9 Å². The topological polar surface area (TPSA) is 88.7 Å². The summed E-state index contributed by atoms with van der Waals surface area (Å²) >= 11 is 0. The number of amides is 1. The van der Waals surface area contributed by atoms with Gasteiger partial charge in [0.05, 0.1) is 20.1 Å². The molecule has 0 saturated carbocycles. The fourth-order valence-electron chi connectivity index (χ4n) is 1.76. The molecule has 0 saturated heterocycles. The molecule has 1 N–H and O–H groups in total. The third kappa shape index (κ3) is 5.03. The lowest BCUT2D eigenvalue weighted by Crippen LogP contribution is -2.38. The lowest BCUT2D eigenvalue weighted by Gasteiger charge is -2.21. The highest BCUT2D eigenvalue weighted by molar-refractivity contribution is 5.94. The van der Waals surface area contributed by atoms with Crippen molar-refractivity contribution in [3.05, 3.63) is 33.7 Å². The number of rotatable bonds is 7. The van der Waals surface area contributed by atoms with Gasteiger partial charge in [-0.1, -0.05) is 0 Å². The lowest BCUT2D eigenvalue weighted by molar-refractivity contribution is -0.140. The van der Waals surface area contributed by atoms with Crippen molar-refractivity contribution in [3.63, 3.8) is 0 Å². The number of nitrogens with one attached hydrogen (secondary N) is 1. The Morgan fingerprint density at radius 3 is 2.57 bits per heavy atom. The SMILES string of the molecule is COCCN(CCC(=O)OC)C(=O)c1c[nH]c(C)cc1=O. The number of carbonyl (C=O) groups excluding carboxylic acids is 2.